The number of aromatic nitrogens is 2. The van der Waals surface area contributed by atoms with Gasteiger partial charge in [-0.25, -0.2) is 0 Å². The fourth-order valence-corrected chi connectivity index (χ4v) is 3.37. The molecule has 0 amide bonds. The zero-order valence-electron chi connectivity index (χ0n) is 10.9. The lowest BCUT2D eigenvalue weighted by Crippen LogP contribution is -2.18. The molecule has 5 heteroatoms. The smallest absolute Gasteiger partial charge is 0.305 e. The number of nitrogens with one attached hydrogen (secondary N) is 1. The van der Waals surface area contributed by atoms with E-state index in [0.29, 0.717) is 10.2 Å². The molecule has 0 aliphatic rings. The number of pyridine rings is 1. The van der Waals surface area contributed by atoms with Gasteiger partial charge in [-0.05, 0) is 18.2 Å². The van der Waals surface area contributed by atoms with E-state index in [9.17, 15) is 9.59 Å². The summed E-state index contributed by atoms with van der Waals surface area (Å²) in [6.07, 6.45) is 0. The molecular weight excluding hydrogens is 284 g/mol. The van der Waals surface area contributed by atoms with Crippen LogP contribution in [0.3, 0.4) is 0 Å². The highest BCUT2D eigenvalue weighted by Crippen LogP contribution is 2.24. The van der Waals surface area contributed by atoms with Crippen molar-refractivity contribution in [2.75, 3.05) is 0 Å². The number of para-hydroxylation sites is 2. The van der Waals surface area contributed by atoms with Gasteiger partial charge < -0.3 is 4.98 Å². The van der Waals surface area contributed by atoms with Crippen molar-refractivity contribution in [1.82, 2.24) is 9.55 Å². The Morgan fingerprint density at radius 3 is 2.43 bits per heavy atom. The number of rotatable bonds is 1. The van der Waals surface area contributed by atoms with Gasteiger partial charge in [-0.3, -0.25) is 14.2 Å². The van der Waals surface area contributed by atoms with Crippen LogP contribution in [0.15, 0.2) is 64.2 Å². The van der Waals surface area contributed by atoms with Crippen LogP contribution in [-0.2, 0) is 0 Å². The Hall–Kier alpha value is -2.66. The van der Waals surface area contributed by atoms with Gasteiger partial charge in [0.15, 0.2) is 0 Å². The first-order valence-corrected chi connectivity index (χ1v) is 7.29. The summed E-state index contributed by atoms with van der Waals surface area (Å²) in [6.45, 7) is 0. The quantitative estimate of drug-likeness (QED) is 0.587. The normalized spacial score (nSPS) is 11.2. The SMILES string of the molecule is O=c1[nH]c2c(s1)c(=O)n(-c1ccccc1)c1ccccc21. The van der Waals surface area contributed by atoms with E-state index in [1.54, 1.807) is 4.57 Å². The summed E-state index contributed by atoms with van der Waals surface area (Å²) in [7, 11) is 0. The van der Waals surface area contributed by atoms with Gasteiger partial charge in [-0.1, -0.05) is 47.7 Å². The molecule has 0 spiro atoms. The molecule has 0 aliphatic carbocycles. The van der Waals surface area contributed by atoms with Crippen LogP contribution < -0.4 is 10.4 Å². The van der Waals surface area contributed by atoms with Gasteiger partial charge >= 0.3 is 4.87 Å². The molecule has 0 fully saturated rings. The van der Waals surface area contributed by atoms with E-state index in [1.165, 1.54) is 0 Å². The third-order valence-electron chi connectivity index (χ3n) is 3.47. The number of thiazole rings is 1. The van der Waals surface area contributed by atoms with Crippen LogP contribution in [0.5, 0.6) is 0 Å². The minimum atomic E-state index is -0.210. The van der Waals surface area contributed by atoms with Crippen molar-refractivity contribution in [3.8, 4) is 5.69 Å². The average Bonchev–Trinajstić information content (AvgIpc) is 2.91. The van der Waals surface area contributed by atoms with Crippen LogP contribution in [0.1, 0.15) is 0 Å². The van der Waals surface area contributed by atoms with Crippen molar-refractivity contribution in [1.29, 1.82) is 0 Å². The van der Waals surface area contributed by atoms with Crippen molar-refractivity contribution in [2.24, 2.45) is 0 Å². The van der Waals surface area contributed by atoms with Crippen molar-refractivity contribution in [3.05, 3.63) is 74.6 Å². The fraction of sp³-hybridized carbons (Fsp3) is 0. The molecule has 0 saturated heterocycles. The van der Waals surface area contributed by atoms with E-state index in [4.69, 9.17) is 0 Å². The molecule has 4 rings (SSSR count). The summed E-state index contributed by atoms with van der Waals surface area (Å²) in [5.41, 5.74) is 2.03. The van der Waals surface area contributed by atoms with Gasteiger partial charge in [-0.15, -0.1) is 0 Å². The zero-order valence-corrected chi connectivity index (χ0v) is 11.7. The highest BCUT2D eigenvalue weighted by atomic mass is 32.1. The van der Waals surface area contributed by atoms with Crippen LogP contribution >= 0.6 is 11.3 Å². The maximum Gasteiger partial charge on any atom is 0.305 e. The lowest BCUT2D eigenvalue weighted by atomic mass is 10.2. The van der Waals surface area contributed by atoms with E-state index >= 15 is 0 Å². The Morgan fingerprint density at radius 1 is 0.905 bits per heavy atom. The summed E-state index contributed by atoms with van der Waals surface area (Å²) < 4.78 is 2.11. The maximum atomic E-state index is 12.8. The summed E-state index contributed by atoms with van der Waals surface area (Å²) in [5, 5.41) is 0.870. The van der Waals surface area contributed by atoms with Gasteiger partial charge in [0.2, 0.25) is 0 Å². The minimum Gasteiger partial charge on any atom is -0.311 e. The lowest BCUT2D eigenvalue weighted by Gasteiger charge is -2.10. The predicted octanol–water partition coefficient (Wildman–Crippen LogP) is 2.89. The monoisotopic (exact) mass is 294 g/mol. The molecule has 102 valence electrons. The summed E-state index contributed by atoms with van der Waals surface area (Å²) in [5.74, 6) is 0. The Kier molecular flexibility index (Phi) is 2.55. The van der Waals surface area contributed by atoms with Gasteiger partial charge in [-0.2, -0.15) is 0 Å². The molecule has 4 nitrogen and oxygen atoms in total. The highest BCUT2D eigenvalue weighted by Gasteiger charge is 2.14. The van der Waals surface area contributed by atoms with E-state index in [0.717, 1.165) is 27.9 Å². The largest absolute Gasteiger partial charge is 0.311 e. The molecule has 0 unspecified atom stereocenters. The second kappa shape index (κ2) is 4.43. The number of fused-ring (bicyclic) bond motifs is 3. The Morgan fingerprint density at radius 2 is 1.62 bits per heavy atom. The number of aromatic amines is 1. The fourth-order valence-electron chi connectivity index (χ4n) is 2.59. The zero-order chi connectivity index (χ0) is 14.4. The summed E-state index contributed by atoms with van der Waals surface area (Å²) in [6, 6.07) is 17.0. The van der Waals surface area contributed by atoms with Crippen LogP contribution in [-0.4, -0.2) is 9.55 Å². The predicted molar refractivity (Wildman–Crippen MR) is 85.5 cm³/mol. The van der Waals surface area contributed by atoms with Gasteiger partial charge in [0.05, 0.1) is 11.0 Å². The van der Waals surface area contributed by atoms with Crippen LogP contribution in [0.25, 0.3) is 26.8 Å². The first-order valence-electron chi connectivity index (χ1n) is 6.48. The molecular formula is C16H10N2O2S. The second-order valence-electron chi connectivity index (χ2n) is 4.71. The van der Waals surface area contributed by atoms with E-state index in [2.05, 4.69) is 4.98 Å². The molecule has 2 heterocycles. The van der Waals surface area contributed by atoms with Gasteiger partial charge in [0, 0.05) is 11.1 Å². The average molecular weight is 294 g/mol. The molecule has 0 atom stereocenters. The van der Waals surface area contributed by atoms with Gasteiger partial charge in [0.25, 0.3) is 5.56 Å². The summed E-state index contributed by atoms with van der Waals surface area (Å²) >= 11 is 0.958. The third-order valence-corrected chi connectivity index (χ3v) is 4.35. The number of hydrogen-bond donors (Lipinski definition) is 1. The topological polar surface area (TPSA) is 54.9 Å². The number of benzene rings is 2. The van der Waals surface area contributed by atoms with Crippen LogP contribution in [0.2, 0.25) is 0 Å². The first kappa shape index (κ1) is 12.1. The van der Waals surface area contributed by atoms with E-state index < -0.39 is 0 Å². The molecule has 0 aliphatic heterocycles. The first-order chi connectivity index (χ1) is 10.3. The molecule has 2 aromatic heterocycles. The van der Waals surface area contributed by atoms with Crippen LogP contribution in [0.4, 0.5) is 0 Å². The Labute approximate surface area is 122 Å². The number of hydrogen-bond acceptors (Lipinski definition) is 3. The van der Waals surface area contributed by atoms with Crippen molar-refractivity contribution < 1.29 is 0 Å². The van der Waals surface area contributed by atoms with Gasteiger partial charge in [0.1, 0.15) is 4.70 Å². The highest BCUT2D eigenvalue weighted by molar-refractivity contribution is 7.16. The standard InChI is InChI=1S/C16H10N2O2S/c19-15-14-13(17-16(20)21-14)11-8-4-5-9-12(11)18(15)10-6-2-1-3-7-10/h1-9H,(H,17,20). The van der Waals surface area contributed by atoms with Crippen molar-refractivity contribution >= 4 is 32.5 Å². The molecule has 0 radical (unpaired) electrons. The molecule has 0 bridgehead atoms. The molecule has 4 aromatic rings. The molecule has 2 aromatic carbocycles. The summed E-state index contributed by atoms with van der Waals surface area (Å²) in [4.78, 5) is 27.0. The minimum absolute atomic E-state index is 0.168. The second-order valence-corrected chi connectivity index (χ2v) is 5.70. The van der Waals surface area contributed by atoms with Crippen molar-refractivity contribution in [2.45, 2.75) is 0 Å². The van der Waals surface area contributed by atoms with E-state index in [1.807, 2.05) is 54.6 Å². The molecule has 0 saturated carbocycles. The van der Waals surface area contributed by atoms with Crippen molar-refractivity contribution in [3.63, 3.8) is 0 Å². The van der Waals surface area contributed by atoms with Crippen LogP contribution in [0, 0.1) is 0 Å². The third kappa shape index (κ3) is 1.75. The molecule has 21 heavy (non-hydrogen) atoms. The Bertz CT molecular complexity index is 1070. The molecule has 1 N–H and O–H groups in total. The number of nitrogens with zero attached hydrogens (tertiary/aromatic N) is 1. The Balaban J connectivity index is 2.31. The number of H-pyrrole nitrogens is 1. The van der Waals surface area contributed by atoms with E-state index in [-0.39, 0.29) is 10.4 Å². The lowest BCUT2D eigenvalue weighted by molar-refractivity contribution is 1.06. The maximum absolute atomic E-state index is 12.8.